The molecule has 2 aromatic heterocycles. The zero-order valence-electron chi connectivity index (χ0n) is 10.4. The van der Waals surface area contributed by atoms with E-state index in [-0.39, 0.29) is 16.5 Å². The summed E-state index contributed by atoms with van der Waals surface area (Å²) >= 11 is 7.25. The van der Waals surface area contributed by atoms with Gasteiger partial charge in [0.25, 0.3) is 0 Å². The van der Waals surface area contributed by atoms with E-state index in [0.717, 1.165) is 17.0 Å². The van der Waals surface area contributed by atoms with Gasteiger partial charge < -0.3 is 10.4 Å². The van der Waals surface area contributed by atoms with E-state index in [4.69, 9.17) is 16.7 Å². The number of pyridine rings is 1. The van der Waals surface area contributed by atoms with E-state index in [1.54, 1.807) is 0 Å². The number of halogens is 1. The van der Waals surface area contributed by atoms with Crippen molar-refractivity contribution in [1.29, 1.82) is 0 Å². The molecule has 0 saturated heterocycles. The third-order valence-electron chi connectivity index (χ3n) is 2.54. The third-order valence-corrected chi connectivity index (χ3v) is 3.68. The molecule has 2 heterocycles. The second-order valence-corrected chi connectivity index (χ2v) is 5.43. The lowest BCUT2D eigenvalue weighted by Crippen LogP contribution is -2.04. The van der Waals surface area contributed by atoms with Gasteiger partial charge in [0, 0.05) is 4.88 Å². The van der Waals surface area contributed by atoms with Crippen LogP contribution in [0.15, 0.2) is 12.1 Å². The Hall–Kier alpha value is -1.66. The van der Waals surface area contributed by atoms with Gasteiger partial charge in [0.1, 0.15) is 16.5 Å². The van der Waals surface area contributed by atoms with E-state index in [1.807, 2.05) is 13.8 Å². The van der Waals surface area contributed by atoms with E-state index < -0.39 is 5.97 Å². The summed E-state index contributed by atoms with van der Waals surface area (Å²) in [7, 11) is 0. The Kier molecular flexibility index (Phi) is 4.01. The second kappa shape index (κ2) is 5.54. The SMILES string of the molecule is CCc1nc(Nc2nc(Cl)ccc2C(=O)O)sc1C. The molecule has 2 N–H and O–H groups in total. The number of thiazole rings is 1. The van der Waals surface area contributed by atoms with Gasteiger partial charge in [-0.05, 0) is 25.5 Å². The molecule has 0 unspecified atom stereocenters. The lowest BCUT2D eigenvalue weighted by molar-refractivity contribution is 0.0697. The molecule has 0 aromatic carbocycles. The largest absolute Gasteiger partial charge is 0.478 e. The van der Waals surface area contributed by atoms with Crippen molar-refractivity contribution in [3.05, 3.63) is 33.4 Å². The van der Waals surface area contributed by atoms with Crippen LogP contribution in [0.3, 0.4) is 0 Å². The maximum absolute atomic E-state index is 11.1. The summed E-state index contributed by atoms with van der Waals surface area (Å²) in [6.07, 6.45) is 0.832. The number of anilines is 2. The average molecular weight is 298 g/mol. The molecule has 5 nitrogen and oxygen atoms in total. The Morgan fingerprint density at radius 3 is 2.79 bits per heavy atom. The van der Waals surface area contributed by atoms with Gasteiger partial charge in [-0.25, -0.2) is 14.8 Å². The van der Waals surface area contributed by atoms with Crippen molar-refractivity contribution >= 4 is 39.9 Å². The smallest absolute Gasteiger partial charge is 0.339 e. The first-order valence-electron chi connectivity index (χ1n) is 5.64. The summed E-state index contributed by atoms with van der Waals surface area (Å²) in [5.74, 6) is -0.855. The van der Waals surface area contributed by atoms with Crippen LogP contribution >= 0.6 is 22.9 Å². The fraction of sp³-hybridized carbons (Fsp3) is 0.250. The fourth-order valence-electron chi connectivity index (χ4n) is 1.61. The molecule has 0 radical (unpaired) electrons. The van der Waals surface area contributed by atoms with Gasteiger partial charge in [0.2, 0.25) is 0 Å². The number of rotatable bonds is 4. The van der Waals surface area contributed by atoms with E-state index >= 15 is 0 Å². The normalized spacial score (nSPS) is 10.5. The first-order chi connectivity index (χ1) is 9.01. The molecule has 0 saturated carbocycles. The number of carboxylic acid groups (broad SMARTS) is 1. The van der Waals surface area contributed by atoms with Crippen LogP contribution in [0.4, 0.5) is 10.9 Å². The molecule has 2 aromatic rings. The number of carbonyl (C=O) groups is 1. The maximum Gasteiger partial charge on any atom is 0.339 e. The molecule has 2 rings (SSSR count). The van der Waals surface area contributed by atoms with E-state index in [1.165, 1.54) is 23.5 Å². The molecular weight excluding hydrogens is 286 g/mol. The molecular formula is C12H12ClN3O2S. The summed E-state index contributed by atoms with van der Waals surface area (Å²) in [5, 5.41) is 12.9. The van der Waals surface area contributed by atoms with Crippen LogP contribution in [-0.4, -0.2) is 21.0 Å². The summed E-state index contributed by atoms with van der Waals surface area (Å²) < 4.78 is 0. The van der Waals surface area contributed by atoms with Gasteiger partial charge in [0.05, 0.1) is 5.69 Å². The van der Waals surface area contributed by atoms with E-state index in [0.29, 0.717) is 5.13 Å². The standard InChI is InChI=1S/C12H12ClN3O2S/c1-3-8-6(2)19-12(14-8)16-10-7(11(17)18)4-5-9(13)15-10/h4-5H,3H2,1-2H3,(H,17,18)(H,14,15,16). The molecule has 0 aliphatic heterocycles. The molecule has 0 amide bonds. The van der Waals surface area contributed by atoms with Crippen molar-refractivity contribution in [2.24, 2.45) is 0 Å². The zero-order valence-corrected chi connectivity index (χ0v) is 12.0. The quantitative estimate of drug-likeness (QED) is 0.845. The molecule has 0 atom stereocenters. The Balaban J connectivity index is 2.36. The van der Waals surface area contributed by atoms with E-state index in [2.05, 4.69) is 15.3 Å². The second-order valence-electron chi connectivity index (χ2n) is 3.84. The fourth-order valence-corrected chi connectivity index (χ4v) is 2.66. The van der Waals surface area contributed by atoms with E-state index in [9.17, 15) is 4.79 Å². The number of hydrogen-bond acceptors (Lipinski definition) is 5. The summed E-state index contributed by atoms with van der Waals surface area (Å²) in [6.45, 7) is 4.00. The highest BCUT2D eigenvalue weighted by atomic mass is 35.5. The van der Waals surface area contributed by atoms with Gasteiger partial charge in [-0.1, -0.05) is 18.5 Å². The molecule has 0 spiro atoms. The minimum atomic E-state index is -1.06. The van der Waals surface area contributed by atoms with Crippen LogP contribution in [0, 0.1) is 6.92 Å². The minimum absolute atomic E-state index is 0.0651. The molecule has 0 bridgehead atoms. The highest BCUT2D eigenvalue weighted by Gasteiger charge is 2.14. The number of nitrogens with zero attached hydrogens (tertiary/aromatic N) is 2. The van der Waals surface area contributed by atoms with Crippen LogP contribution in [-0.2, 0) is 6.42 Å². The molecule has 19 heavy (non-hydrogen) atoms. The number of hydrogen-bond donors (Lipinski definition) is 2. The van der Waals surface area contributed by atoms with Gasteiger partial charge in [0.15, 0.2) is 5.13 Å². The number of aromatic nitrogens is 2. The zero-order chi connectivity index (χ0) is 14.0. The highest BCUT2D eigenvalue weighted by molar-refractivity contribution is 7.15. The molecule has 0 aliphatic rings. The Bertz CT molecular complexity index is 627. The Morgan fingerprint density at radius 2 is 2.21 bits per heavy atom. The topological polar surface area (TPSA) is 75.1 Å². The van der Waals surface area contributed by atoms with Gasteiger partial charge in [-0.2, -0.15) is 0 Å². The van der Waals surface area contributed by atoms with Crippen LogP contribution in [0.2, 0.25) is 5.15 Å². The number of nitrogens with one attached hydrogen (secondary N) is 1. The Morgan fingerprint density at radius 1 is 1.47 bits per heavy atom. The van der Waals surface area contributed by atoms with Crippen LogP contribution in [0.5, 0.6) is 0 Å². The first-order valence-corrected chi connectivity index (χ1v) is 6.84. The van der Waals surface area contributed by atoms with Crippen LogP contribution in [0.1, 0.15) is 27.9 Å². The maximum atomic E-state index is 11.1. The predicted octanol–water partition coefficient (Wildman–Crippen LogP) is 3.50. The van der Waals surface area contributed by atoms with Gasteiger partial charge >= 0.3 is 5.97 Å². The number of aromatic carboxylic acids is 1. The van der Waals surface area contributed by atoms with Crippen molar-refractivity contribution in [2.75, 3.05) is 5.32 Å². The summed E-state index contributed by atoms with van der Waals surface area (Å²) in [5.41, 5.74) is 1.06. The van der Waals surface area contributed by atoms with Crippen molar-refractivity contribution < 1.29 is 9.90 Å². The third kappa shape index (κ3) is 3.02. The number of carboxylic acids is 1. The lowest BCUT2D eigenvalue weighted by Gasteiger charge is -2.05. The monoisotopic (exact) mass is 297 g/mol. The van der Waals surface area contributed by atoms with Crippen LogP contribution in [0.25, 0.3) is 0 Å². The first kappa shape index (κ1) is 13.8. The molecule has 0 fully saturated rings. The lowest BCUT2D eigenvalue weighted by atomic mass is 10.2. The van der Waals surface area contributed by atoms with Crippen molar-refractivity contribution in [1.82, 2.24) is 9.97 Å². The average Bonchev–Trinajstić information content (AvgIpc) is 2.69. The van der Waals surface area contributed by atoms with Crippen molar-refractivity contribution in [2.45, 2.75) is 20.3 Å². The highest BCUT2D eigenvalue weighted by Crippen LogP contribution is 2.27. The summed E-state index contributed by atoms with van der Waals surface area (Å²) in [4.78, 5) is 20.6. The molecule has 0 aliphatic carbocycles. The minimum Gasteiger partial charge on any atom is -0.478 e. The Labute approximate surface area is 119 Å². The predicted molar refractivity (Wildman–Crippen MR) is 75.7 cm³/mol. The number of aryl methyl sites for hydroxylation is 2. The van der Waals surface area contributed by atoms with Crippen molar-refractivity contribution in [3.63, 3.8) is 0 Å². The van der Waals surface area contributed by atoms with Gasteiger partial charge in [-0.15, -0.1) is 11.3 Å². The van der Waals surface area contributed by atoms with Gasteiger partial charge in [-0.3, -0.25) is 0 Å². The van der Waals surface area contributed by atoms with Crippen molar-refractivity contribution in [3.8, 4) is 0 Å². The van der Waals surface area contributed by atoms with Crippen LogP contribution < -0.4 is 5.32 Å². The molecule has 7 heteroatoms. The summed E-state index contributed by atoms with van der Waals surface area (Å²) in [6, 6.07) is 2.86. The molecule has 100 valence electrons.